The molecule has 7 nitrogen and oxygen atoms in total. The molecule has 2 amide bonds. The van der Waals surface area contributed by atoms with Gasteiger partial charge in [0.1, 0.15) is 0 Å². The van der Waals surface area contributed by atoms with Crippen LogP contribution in [0.3, 0.4) is 0 Å². The second kappa shape index (κ2) is 8.23. The molecular weight excluding hydrogens is 330 g/mol. The standard InChI is InChI=1S/C16H21N3O4S/c1-10-12(11(2)18-16(17-10)24-3)6-7-15(22)23-9-14(21)19-8-4-5-13(19)20/h4-9H2,1-3H3. The average molecular weight is 351 g/mol. The molecule has 130 valence electrons. The number of nitrogens with zero attached hydrogens (tertiary/aromatic N) is 3. The summed E-state index contributed by atoms with van der Waals surface area (Å²) in [5.41, 5.74) is 2.61. The van der Waals surface area contributed by atoms with E-state index in [-0.39, 0.29) is 18.9 Å². The Hall–Kier alpha value is -1.96. The quantitative estimate of drug-likeness (QED) is 0.435. The number of aryl methyl sites for hydroxylation is 2. The first kappa shape index (κ1) is 18.4. The molecular formula is C16H21N3O4S. The molecule has 1 aromatic rings. The van der Waals surface area contributed by atoms with Gasteiger partial charge in [0.15, 0.2) is 11.8 Å². The number of likely N-dealkylation sites (tertiary alicyclic amines) is 1. The first-order chi connectivity index (χ1) is 11.4. The minimum Gasteiger partial charge on any atom is -0.456 e. The summed E-state index contributed by atoms with van der Waals surface area (Å²) >= 11 is 1.47. The smallest absolute Gasteiger partial charge is 0.306 e. The Labute approximate surface area is 145 Å². The lowest BCUT2D eigenvalue weighted by atomic mass is 10.1. The summed E-state index contributed by atoms with van der Waals surface area (Å²) in [6.45, 7) is 3.80. The van der Waals surface area contributed by atoms with E-state index in [9.17, 15) is 14.4 Å². The molecule has 0 unspecified atom stereocenters. The van der Waals surface area contributed by atoms with Crippen LogP contribution in [0.1, 0.15) is 36.2 Å². The van der Waals surface area contributed by atoms with Gasteiger partial charge in [-0.25, -0.2) is 9.97 Å². The van der Waals surface area contributed by atoms with E-state index >= 15 is 0 Å². The predicted molar refractivity (Wildman–Crippen MR) is 88.5 cm³/mol. The van der Waals surface area contributed by atoms with Gasteiger partial charge in [0.25, 0.3) is 5.91 Å². The average Bonchev–Trinajstić information content (AvgIpc) is 2.97. The van der Waals surface area contributed by atoms with E-state index in [1.165, 1.54) is 11.8 Å². The SMILES string of the molecule is CSc1nc(C)c(CCC(=O)OCC(=O)N2CCCC2=O)c(C)n1. The Balaban J connectivity index is 1.83. The fourth-order valence-corrected chi connectivity index (χ4v) is 3.05. The third-order valence-electron chi connectivity index (χ3n) is 3.89. The lowest BCUT2D eigenvalue weighted by molar-refractivity contribution is -0.154. The molecule has 0 radical (unpaired) electrons. The Morgan fingerprint density at radius 2 is 1.92 bits per heavy atom. The van der Waals surface area contributed by atoms with Crippen molar-refractivity contribution in [2.24, 2.45) is 0 Å². The molecule has 1 fully saturated rings. The maximum absolute atomic E-state index is 11.8. The summed E-state index contributed by atoms with van der Waals surface area (Å²) in [6, 6.07) is 0. The van der Waals surface area contributed by atoms with Crippen LogP contribution in [-0.4, -0.2) is 52.1 Å². The third kappa shape index (κ3) is 4.53. The zero-order chi connectivity index (χ0) is 17.7. The maximum atomic E-state index is 11.8. The van der Waals surface area contributed by atoms with Crippen LogP contribution in [0.2, 0.25) is 0 Å². The Bertz CT molecular complexity index is 640. The first-order valence-electron chi connectivity index (χ1n) is 7.79. The number of carbonyl (C=O) groups is 3. The van der Waals surface area contributed by atoms with Crippen molar-refractivity contribution in [3.05, 3.63) is 17.0 Å². The first-order valence-corrected chi connectivity index (χ1v) is 9.01. The third-order valence-corrected chi connectivity index (χ3v) is 4.44. The van der Waals surface area contributed by atoms with Crippen LogP contribution in [0.15, 0.2) is 5.16 Å². The molecule has 24 heavy (non-hydrogen) atoms. The van der Waals surface area contributed by atoms with Gasteiger partial charge in [0, 0.05) is 30.8 Å². The van der Waals surface area contributed by atoms with Crippen molar-refractivity contribution in [2.45, 2.75) is 44.7 Å². The number of hydrogen-bond donors (Lipinski definition) is 0. The van der Waals surface area contributed by atoms with Crippen molar-refractivity contribution < 1.29 is 19.1 Å². The highest BCUT2D eigenvalue weighted by molar-refractivity contribution is 7.98. The molecule has 0 atom stereocenters. The van der Waals surface area contributed by atoms with Gasteiger partial charge >= 0.3 is 5.97 Å². The van der Waals surface area contributed by atoms with Gasteiger partial charge in [-0.3, -0.25) is 19.3 Å². The normalized spacial score (nSPS) is 14.1. The molecule has 0 aliphatic carbocycles. The number of ether oxygens (including phenoxy) is 1. The van der Waals surface area contributed by atoms with E-state index in [0.29, 0.717) is 31.0 Å². The molecule has 1 aliphatic heterocycles. The molecule has 2 heterocycles. The summed E-state index contributed by atoms with van der Waals surface area (Å²) in [6.07, 6.45) is 3.56. The summed E-state index contributed by atoms with van der Waals surface area (Å²) < 4.78 is 4.98. The second-order valence-electron chi connectivity index (χ2n) is 5.56. The Morgan fingerprint density at radius 1 is 1.25 bits per heavy atom. The van der Waals surface area contributed by atoms with Gasteiger partial charge in [0.2, 0.25) is 5.91 Å². The van der Waals surface area contributed by atoms with Gasteiger partial charge in [0.05, 0.1) is 0 Å². The van der Waals surface area contributed by atoms with Crippen molar-refractivity contribution in [1.29, 1.82) is 0 Å². The van der Waals surface area contributed by atoms with Crippen LogP contribution in [0, 0.1) is 13.8 Å². The molecule has 1 aliphatic rings. The van der Waals surface area contributed by atoms with Crippen LogP contribution >= 0.6 is 11.8 Å². The number of rotatable bonds is 6. The predicted octanol–water partition coefficient (Wildman–Crippen LogP) is 1.44. The summed E-state index contributed by atoms with van der Waals surface area (Å²) in [5, 5.41) is 0.706. The number of thioether (sulfide) groups is 1. The van der Waals surface area contributed by atoms with Crippen LogP contribution in [0.5, 0.6) is 0 Å². The highest BCUT2D eigenvalue weighted by Gasteiger charge is 2.26. The van der Waals surface area contributed by atoms with Crippen molar-refractivity contribution in [2.75, 3.05) is 19.4 Å². The topological polar surface area (TPSA) is 89.5 Å². The van der Waals surface area contributed by atoms with Crippen molar-refractivity contribution in [1.82, 2.24) is 14.9 Å². The van der Waals surface area contributed by atoms with E-state index in [4.69, 9.17) is 4.74 Å². The number of aromatic nitrogens is 2. The molecule has 1 saturated heterocycles. The van der Waals surface area contributed by atoms with Crippen LogP contribution < -0.4 is 0 Å². The van der Waals surface area contributed by atoms with Crippen LogP contribution in [0.4, 0.5) is 0 Å². The molecule has 0 N–H and O–H groups in total. The Morgan fingerprint density at radius 3 is 2.46 bits per heavy atom. The molecule has 0 saturated carbocycles. The van der Waals surface area contributed by atoms with E-state index < -0.39 is 11.9 Å². The van der Waals surface area contributed by atoms with Crippen molar-refractivity contribution in [3.63, 3.8) is 0 Å². The van der Waals surface area contributed by atoms with Gasteiger partial charge in [-0.05, 0) is 38.5 Å². The highest BCUT2D eigenvalue weighted by atomic mass is 32.2. The molecule has 0 spiro atoms. The molecule has 0 bridgehead atoms. The van der Waals surface area contributed by atoms with Gasteiger partial charge in [-0.1, -0.05) is 11.8 Å². The zero-order valence-electron chi connectivity index (χ0n) is 14.1. The van der Waals surface area contributed by atoms with E-state index in [1.807, 2.05) is 20.1 Å². The second-order valence-corrected chi connectivity index (χ2v) is 6.34. The largest absolute Gasteiger partial charge is 0.456 e. The Kier molecular flexibility index (Phi) is 6.30. The van der Waals surface area contributed by atoms with Crippen molar-refractivity contribution >= 4 is 29.5 Å². The minimum absolute atomic E-state index is 0.144. The summed E-state index contributed by atoms with van der Waals surface area (Å²) in [7, 11) is 0. The van der Waals surface area contributed by atoms with Gasteiger partial charge < -0.3 is 4.74 Å². The number of hydrogen-bond acceptors (Lipinski definition) is 7. The summed E-state index contributed by atoms with van der Waals surface area (Å²) in [4.78, 5) is 45.0. The monoisotopic (exact) mass is 351 g/mol. The fraction of sp³-hybridized carbons (Fsp3) is 0.562. The van der Waals surface area contributed by atoms with Gasteiger partial charge in [-0.2, -0.15) is 0 Å². The lowest BCUT2D eigenvalue weighted by Crippen LogP contribution is -2.35. The molecule has 8 heteroatoms. The van der Waals surface area contributed by atoms with E-state index in [0.717, 1.165) is 21.9 Å². The maximum Gasteiger partial charge on any atom is 0.306 e. The molecule has 0 aromatic carbocycles. The van der Waals surface area contributed by atoms with Crippen LogP contribution in [-0.2, 0) is 25.5 Å². The zero-order valence-corrected chi connectivity index (χ0v) is 14.9. The fourth-order valence-electron chi connectivity index (χ4n) is 2.59. The molecule has 1 aromatic heterocycles. The van der Waals surface area contributed by atoms with E-state index in [2.05, 4.69) is 9.97 Å². The number of esters is 1. The van der Waals surface area contributed by atoms with E-state index in [1.54, 1.807) is 0 Å². The number of imide groups is 1. The highest BCUT2D eigenvalue weighted by Crippen LogP contribution is 2.17. The molecule has 2 rings (SSSR count). The van der Waals surface area contributed by atoms with Crippen LogP contribution in [0.25, 0.3) is 0 Å². The number of amides is 2. The summed E-state index contributed by atoms with van der Waals surface area (Å²) in [5.74, 6) is -1.12. The van der Waals surface area contributed by atoms with Crippen molar-refractivity contribution in [3.8, 4) is 0 Å². The number of carbonyl (C=O) groups excluding carboxylic acids is 3. The minimum atomic E-state index is -0.470. The lowest BCUT2D eigenvalue weighted by Gasteiger charge is -2.13. The van der Waals surface area contributed by atoms with Gasteiger partial charge in [-0.15, -0.1) is 0 Å².